The van der Waals surface area contributed by atoms with Crippen molar-refractivity contribution in [2.75, 3.05) is 24.5 Å². The van der Waals surface area contributed by atoms with Crippen molar-refractivity contribution in [3.63, 3.8) is 0 Å². The molecule has 1 aliphatic carbocycles. The number of nitrogens with one attached hydrogen (secondary N) is 1. The minimum atomic E-state index is -1.60. The number of rotatable bonds is 3. The summed E-state index contributed by atoms with van der Waals surface area (Å²) in [4.78, 5) is 25.7. The van der Waals surface area contributed by atoms with Crippen molar-refractivity contribution in [2.45, 2.75) is 25.8 Å². The molecule has 0 radical (unpaired) electrons. The summed E-state index contributed by atoms with van der Waals surface area (Å²) in [5.41, 5.74) is 0.0581. The van der Waals surface area contributed by atoms with E-state index < -0.39 is 17.4 Å². The van der Waals surface area contributed by atoms with Crippen molar-refractivity contribution in [3.05, 3.63) is 34.1 Å². The number of pyridine rings is 1. The lowest BCUT2D eigenvalue weighted by Crippen LogP contribution is -2.49. The van der Waals surface area contributed by atoms with E-state index in [1.165, 1.54) is 6.20 Å². The highest BCUT2D eigenvalue weighted by atomic mass is 35.5. The van der Waals surface area contributed by atoms with Gasteiger partial charge >= 0.3 is 6.16 Å². The Labute approximate surface area is 177 Å². The van der Waals surface area contributed by atoms with Gasteiger partial charge in [-0.1, -0.05) is 0 Å². The molecule has 3 heterocycles. The van der Waals surface area contributed by atoms with Crippen LogP contribution in [0.15, 0.2) is 22.8 Å². The van der Waals surface area contributed by atoms with Crippen LogP contribution in [0.25, 0.3) is 17.1 Å². The fourth-order valence-electron chi connectivity index (χ4n) is 4.05. The van der Waals surface area contributed by atoms with Crippen molar-refractivity contribution >= 4 is 41.4 Å². The maximum atomic E-state index is 15.3. The lowest BCUT2D eigenvalue weighted by atomic mass is 10.1. The highest BCUT2D eigenvalue weighted by molar-refractivity contribution is 5.94. The van der Waals surface area contributed by atoms with Crippen molar-refractivity contribution in [3.8, 4) is 11.5 Å². The minimum absolute atomic E-state index is 0. The highest BCUT2D eigenvalue weighted by Gasteiger charge is 2.35. The Kier molecular flexibility index (Phi) is 5.11. The third kappa shape index (κ3) is 3.37. The van der Waals surface area contributed by atoms with Crippen LogP contribution in [-0.4, -0.2) is 41.5 Å². The van der Waals surface area contributed by atoms with Crippen LogP contribution in [-0.2, 0) is 0 Å². The summed E-state index contributed by atoms with van der Waals surface area (Å²) in [6, 6.07) is 1.33. The van der Waals surface area contributed by atoms with Crippen LogP contribution >= 0.6 is 12.4 Å². The van der Waals surface area contributed by atoms with Gasteiger partial charge in [-0.25, -0.2) is 9.18 Å². The molecule has 1 aromatic carbocycles. The molecule has 1 unspecified atom stereocenters. The first-order valence-electron chi connectivity index (χ1n) is 9.62. The fraction of sp³-hybridized carbons (Fsp3) is 0.400. The number of benzene rings is 1. The van der Waals surface area contributed by atoms with Crippen LogP contribution in [0.4, 0.5) is 14.9 Å². The summed E-state index contributed by atoms with van der Waals surface area (Å²) in [5.74, 6) is 0.276. The summed E-state index contributed by atoms with van der Waals surface area (Å²) >= 11 is 0. The Morgan fingerprint density at radius 2 is 2.17 bits per heavy atom. The molecule has 10 heteroatoms. The topological polar surface area (TPSA) is 93.0 Å². The Morgan fingerprint density at radius 3 is 2.83 bits per heavy atom. The second kappa shape index (κ2) is 7.48. The van der Waals surface area contributed by atoms with E-state index in [0.717, 1.165) is 18.9 Å². The van der Waals surface area contributed by atoms with E-state index in [2.05, 4.69) is 10.1 Å². The van der Waals surface area contributed by atoms with Gasteiger partial charge in [0.25, 0.3) is 0 Å². The summed E-state index contributed by atoms with van der Waals surface area (Å²) in [6.07, 6.45) is 3.40. The van der Waals surface area contributed by atoms with Gasteiger partial charge in [0.05, 0.1) is 11.6 Å². The predicted octanol–water partition coefficient (Wildman–Crippen LogP) is 3.02. The quantitative estimate of drug-likeness (QED) is 0.713. The Balaban J connectivity index is 0.00000218. The largest absolute Gasteiger partial charge is 0.511 e. The number of aromatic nitrogens is 1. The van der Waals surface area contributed by atoms with Crippen LogP contribution in [0.3, 0.4) is 0 Å². The summed E-state index contributed by atoms with van der Waals surface area (Å²) in [6.45, 7) is 3.95. The number of hydrogen-bond donors (Lipinski definition) is 2. The number of piperazine rings is 1. The van der Waals surface area contributed by atoms with Gasteiger partial charge in [-0.15, -0.1) is 12.4 Å². The molecule has 1 saturated carbocycles. The van der Waals surface area contributed by atoms with E-state index >= 15 is 4.39 Å². The molecule has 1 atom stereocenters. The van der Waals surface area contributed by atoms with Crippen LogP contribution in [0, 0.1) is 11.7 Å². The first kappa shape index (κ1) is 20.5. The van der Waals surface area contributed by atoms with Crippen molar-refractivity contribution in [2.24, 2.45) is 5.92 Å². The first-order valence-corrected chi connectivity index (χ1v) is 9.62. The third-order valence-corrected chi connectivity index (χ3v) is 5.51. The monoisotopic (exact) mass is 437 g/mol. The van der Waals surface area contributed by atoms with Gasteiger partial charge in [0.2, 0.25) is 5.43 Å². The van der Waals surface area contributed by atoms with E-state index in [1.807, 2.05) is 11.8 Å². The molecule has 3 aliphatic rings. The summed E-state index contributed by atoms with van der Waals surface area (Å²) in [5, 5.41) is 12.3. The molecule has 160 valence electrons. The first-order chi connectivity index (χ1) is 13.9. The maximum Gasteiger partial charge on any atom is 0.511 e. The van der Waals surface area contributed by atoms with Crippen molar-refractivity contribution < 1.29 is 23.8 Å². The SMILES string of the molecule is CC1CN(c2c(F)cc3c(=O)c(OC(=O)O)cn4c3c2OC(C2CC2)=C4)CCN1.Cl. The van der Waals surface area contributed by atoms with Crippen LogP contribution in [0.2, 0.25) is 0 Å². The normalized spacial score (nSPS) is 20.3. The molecule has 1 aromatic heterocycles. The molecule has 0 amide bonds. The molecule has 2 aliphatic heterocycles. The summed E-state index contributed by atoms with van der Waals surface area (Å²) < 4.78 is 27.7. The number of ether oxygens (including phenoxy) is 2. The van der Waals surface area contributed by atoms with Gasteiger partial charge in [-0.2, -0.15) is 0 Å². The zero-order valence-corrected chi connectivity index (χ0v) is 17.0. The van der Waals surface area contributed by atoms with Crippen LogP contribution < -0.4 is 25.1 Å². The number of carboxylic acid groups (broad SMARTS) is 1. The molecule has 2 aromatic rings. The second-order valence-corrected chi connectivity index (χ2v) is 7.74. The van der Waals surface area contributed by atoms with Gasteiger partial charge in [-0.05, 0) is 25.8 Å². The zero-order chi connectivity index (χ0) is 20.3. The highest BCUT2D eigenvalue weighted by Crippen LogP contribution is 2.46. The van der Waals surface area contributed by atoms with E-state index in [0.29, 0.717) is 42.3 Å². The van der Waals surface area contributed by atoms with Gasteiger partial charge in [0.1, 0.15) is 17.0 Å². The Hall–Kier alpha value is -2.78. The lowest BCUT2D eigenvalue weighted by Gasteiger charge is -2.35. The molecule has 0 bridgehead atoms. The number of hydrogen-bond acceptors (Lipinski definition) is 6. The van der Waals surface area contributed by atoms with Crippen LogP contribution in [0.1, 0.15) is 19.8 Å². The van der Waals surface area contributed by atoms with E-state index in [1.54, 1.807) is 10.8 Å². The Bertz CT molecular complexity index is 1130. The second-order valence-electron chi connectivity index (χ2n) is 7.74. The molecule has 5 rings (SSSR count). The third-order valence-electron chi connectivity index (χ3n) is 5.51. The van der Waals surface area contributed by atoms with E-state index in [-0.39, 0.29) is 35.5 Å². The van der Waals surface area contributed by atoms with Crippen molar-refractivity contribution in [1.82, 2.24) is 9.88 Å². The van der Waals surface area contributed by atoms with Crippen molar-refractivity contribution in [1.29, 1.82) is 0 Å². The van der Waals surface area contributed by atoms with E-state index in [4.69, 9.17) is 9.84 Å². The number of carbonyl (C=O) groups is 1. The molecule has 1 saturated heterocycles. The number of anilines is 1. The number of nitrogens with zero attached hydrogens (tertiary/aromatic N) is 2. The lowest BCUT2D eigenvalue weighted by molar-refractivity contribution is 0.144. The van der Waals surface area contributed by atoms with Gasteiger partial charge in [0.15, 0.2) is 17.3 Å². The predicted molar refractivity (Wildman–Crippen MR) is 111 cm³/mol. The summed E-state index contributed by atoms with van der Waals surface area (Å²) in [7, 11) is 0. The molecular formula is C20H21ClFN3O5. The fourth-order valence-corrected chi connectivity index (χ4v) is 4.05. The molecular weight excluding hydrogens is 417 g/mol. The molecule has 0 spiro atoms. The molecule has 8 nitrogen and oxygen atoms in total. The number of halogens is 2. The molecule has 30 heavy (non-hydrogen) atoms. The zero-order valence-electron chi connectivity index (χ0n) is 16.2. The van der Waals surface area contributed by atoms with E-state index in [9.17, 15) is 9.59 Å². The Morgan fingerprint density at radius 1 is 1.40 bits per heavy atom. The van der Waals surface area contributed by atoms with Gasteiger partial charge < -0.3 is 29.4 Å². The number of allylic oxidation sites excluding steroid dienone is 1. The average molecular weight is 438 g/mol. The van der Waals surface area contributed by atoms with Gasteiger partial charge in [-0.3, -0.25) is 4.79 Å². The maximum absolute atomic E-state index is 15.3. The molecule has 2 fully saturated rings. The van der Waals surface area contributed by atoms with Gasteiger partial charge in [0, 0.05) is 37.8 Å². The smallest absolute Gasteiger partial charge is 0.455 e. The molecule has 2 N–H and O–H groups in total. The van der Waals surface area contributed by atoms with Crippen LogP contribution in [0.5, 0.6) is 11.5 Å². The minimum Gasteiger partial charge on any atom is -0.455 e. The average Bonchev–Trinajstić information content (AvgIpc) is 3.50. The standard InChI is InChI=1S/C20H20FN3O5.ClH/c1-10-7-23(5-4-22-10)17-13(21)6-12-16-19(17)28-14(11-2-3-11)8-24(16)9-15(18(12)25)29-20(26)27;/h6,8-11,22H,2-5,7H2,1H3,(H,26,27);1H.